The number of carbonyl (C=O) groups is 1. The summed E-state index contributed by atoms with van der Waals surface area (Å²) in [6.07, 6.45) is 1.14. The van der Waals surface area contributed by atoms with Gasteiger partial charge in [0.15, 0.2) is 19.8 Å². The third-order valence-corrected chi connectivity index (χ3v) is 11.3. The molecule has 2 heterocycles. The van der Waals surface area contributed by atoms with Crippen molar-refractivity contribution in [1.82, 2.24) is 20.7 Å². The Morgan fingerprint density at radius 1 is 1.21 bits per heavy atom. The Morgan fingerprint density at radius 2 is 1.88 bits per heavy atom. The number of rotatable bonds is 7. The average molecular weight is 487 g/mol. The highest BCUT2D eigenvalue weighted by Crippen LogP contribution is 2.40. The zero-order valence-electron chi connectivity index (χ0n) is 20.4. The lowest BCUT2D eigenvalue weighted by atomic mass is 9.80. The summed E-state index contributed by atoms with van der Waals surface area (Å²) in [6, 6.07) is 7.34. The maximum absolute atomic E-state index is 13.1. The quantitative estimate of drug-likeness (QED) is 0.432. The van der Waals surface area contributed by atoms with Crippen molar-refractivity contribution in [3.05, 3.63) is 53.6 Å². The monoisotopic (exact) mass is 486 g/mol. The molecule has 182 valence electrons. The molecular formula is C24H31FN4O4Si. The van der Waals surface area contributed by atoms with Crippen LogP contribution in [0, 0.1) is 5.82 Å². The number of benzene rings is 1. The van der Waals surface area contributed by atoms with Gasteiger partial charge >= 0.3 is 0 Å². The fourth-order valence-electron chi connectivity index (χ4n) is 3.57. The maximum atomic E-state index is 13.1. The van der Waals surface area contributed by atoms with Crippen molar-refractivity contribution in [3.63, 3.8) is 0 Å². The molecule has 1 fully saturated rings. The van der Waals surface area contributed by atoms with E-state index in [-0.39, 0.29) is 40.5 Å². The van der Waals surface area contributed by atoms with Crippen LogP contribution in [0.3, 0.4) is 0 Å². The van der Waals surface area contributed by atoms with Crippen LogP contribution in [0.4, 0.5) is 4.39 Å². The third kappa shape index (κ3) is 5.12. The molecule has 1 aliphatic rings. The first-order valence-corrected chi connectivity index (χ1v) is 14.4. The summed E-state index contributed by atoms with van der Waals surface area (Å²) < 4.78 is 30.6. The fourth-order valence-corrected chi connectivity index (χ4v) is 4.91. The minimum atomic E-state index is -1.95. The van der Waals surface area contributed by atoms with Crippen molar-refractivity contribution < 1.29 is 22.6 Å². The number of nitrogens with one attached hydrogen (secondary N) is 1. The topological polar surface area (TPSA) is 103 Å². The lowest BCUT2D eigenvalue weighted by Gasteiger charge is -2.37. The Bertz CT molecular complexity index is 1150. The van der Waals surface area contributed by atoms with Crippen LogP contribution in [0.2, 0.25) is 18.1 Å². The van der Waals surface area contributed by atoms with Crippen molar-refractivity contribution in [2.24, 2.45) is 0 Å². The van der Waals surface area contributed by atoms with Crippen LogP contribution in [0.25, 0.3) is 11.3 Å². The predicted octanol–water partition coefficient (Wildman–Crippen LogP) is 5.62. The number of halogens is 1. The van der Waals surface area contributed by atoms with Gasteiger partial charge in [0.2, 0.25) is 11.8 Å². The lowest BCUT2D eigenvalue weighted by Crippen LogP contribution is -2.43. The van der Waals surface area contributed by atoms with E-state index in [9.17, 15) is 9.18 Å². The maximum Gasteiger partial charge on any atom is 0.273 e. The van der Waals surface area contributed by atoms with E-state index in [1.807, 2.05) is 6.92 Å². The molecule has 1 saturated carbocycles. The number of nitrogens with zero attached hydrogens (tertiary/aromatic N) is 3. The molecule has 4 rings (SSSR count). The molecule has 8 nitrogen and oxygen atoms in total. The molecule has 1 N–H and O–H groups in total. The van der Waals surface area contributed by atoms with E-state index in [4.69, 9.17) is 13.4 Å². The molecule has 3 aromatic rings. The van der Waals surface area contributed by atoms with Crippen molar-refractivity contribution in [2.75, 3.05) is 0 Å². The molecule has 2 aromatic heterocycles. The van der Waals surface area contributed by atoms with Gasteiger partial charge in [-0.15, -0.1) is 10.2 Å². The fraction of sp³-hybridized carbons (Fsp3) is 0.500. The molecule has 0 bridgehead atoms. The first kappa shape index (κ1) is 24.3. The third-order valence-electron chi connectivity index (χ3n) is 6.78. The molecule has 10 heteroatoms. The van der Waals surface area contributed by atoms with Gasteiger partial charge in [-0.05, 0) is 62.2 Å². The summed E-state index contributed by atoms with van der Waals surface area (Å²) >= 11 is 0. The van der Waals surface area contributed by atoms with Crippen LogP contribution in [-0.2, 0) is 4.43 Å². The van der Waals surface area contributed by atoms with Gasteiger partial charge in [0.05, 0.1) is 0 Å². The zero-order valence-corrected chi connectivity index (χ0v) is 21.4. The largest absolute Gasteiger partial charge is 0.422 e. The highest BCUT2D eigenvalue weighted by molar-refractivity contribution is 6.74. The van der Waals surface area contributed by atoms with Gasteiger partial charge in [0.25, 0.3) is 5.91 Å². The van der Waals surface area contributed by atoms with Gasteiger partial charge in [0, 0.05) is 23.6 Å². The molecule has 1 atom stereocenters. The zero-order chi connectivity index (χ0) is 24.7. The highest BCUT2D eigenvalue weighted by Gasteiger charge is 2.40. The molecule has 1 aliphatic carbocycles. The van der Waals surface area contributed by atoms with Gasteiger partial charge < -0.3 is 18.7 Å². The van der Waals surface area contributed by atoms with E-state index in [2.05, 4.69) is 54.5 Å². The number of carbonyl (C=O) groups excluding carboxylic acids is 1. The molecule has 1 amide bonds. The summed E-state index contributed by atoms with van der Waals surface area (Å²) in [7, 11) is -1.95. The molecule has 0 radical (unpaired) electrons. The smallest absolute Gasteiger partial charge is 0.273 e. The molecule has 0 spiro atoms. The minimum absolute atomic E-state index is 0.0141. The Labute approximate surface area is 199 Å². The second-order valence-corrected chi connectivity index (χ2v) is 15.2. The summed E-state index contributed by atoms with van der Waals surface area (Å²) in [6.45, 7) is 12.9. The van der Waals surface area contributed by atoms with E-state index >= 15 is 0 Å². The highest BCUT2D eigenvalue weighted by atomic mass is 28.4. The van der Waals surface area contributed by atoms with Crippen LogP contribution in [0.1, 0.15) is 74.8 Å². The van der Waals surface area contributed by atoms with E-state index < -0.39 is 8.32 Å². The van der Waals surface area contributed by atoms with E-state index in [1.54, 1.807) is 18.2 Å². The first-order chi connectivity index (χ1) is 15.9. The van der Waals surface area contributed by atoms with Gasteiger partial charge in [0.1, 0.15) is 11.9 Å². The van der Waals surface area contributed by atoms with E-state index in [0.29, 0.717) is 35.9 Å². The van der Waals surface area contributed by atoms with Crippen molar-refractivity contribution in [2.45, 2.75) is 76.7 Å². The Balaban J connectivity index is 1.29. The van der Waals surface area contributed by atoms with Crippen molar-refractivity contribution in [3.8, 4) is 11.3 Å². The van der Waals surface area contributed by atoms with Gasteiger partial charge in [-0.3, -0.25) is 4.79 Å². The summed E-state index contributed by atoms with van der Waals surface area (Å²) in [5.41, 5.74) is 0.829. The Kier molecular flexibility index (Phi) is 6.47. The van der Waals surface area contributed by atoms with E-state index in [0.717, 1.165) is 0 Å². The summed E-state index contributed by atoms with van der Waals surface area (Å²) in [5.74, 6) is 0.909. The van der Waals surface area contributed by atoms with Crippen molar-refractivity contribution >= 4 is 14.2 Å². The number of hydrogen-bond acceptors (Lipinski definition) is 7. The first-order valence-electron chi connectivity index (χ1n) is 11.5. The minimum Gasteiger partial charge on any atom is -0.422 e. The Morgan fingerprint density at radius 3 is 2.53 bits per heavy atom. The second kappa shape index (κ2) is 9.07. The predicted molar refractivity (Wildman–Crippen MR) is 126 cm³/mol. The molecule has 1 aromatic carbocycles. The molecule has 0 saturated heterocycles. The molecule has 0 aliphatic heterocycles. The van der Waals surface area contributed by atoms with Crippen LogP contribution in [0.15, 0.2) is 39.3 Å². The molecular weight excluding hydrogens is 455 g/mol. The summed E-state index contributed by atoms with van der Waals surface area (Å²) in [5, 5.41) is 15.3. The lowest BCUT2D eigenvalue weighted by molar-refractivity contribution is 0.0892. The number of amides is 1. The van der Waals surface area contributed by atoms with Crippen LogP contribution < -0.4 is 5.32 Å². The Hall–Kier alpha value is -2.85. The second-order valence-electron chi connectivity index (χ2n) is 10.4. The summed E-state index contributed by atoms with van der Waals surface area (Å²) in [4.78, 5) is 12.5. The SMILES string of the molecule is C[C@@H](O[Si](C)(C)C(C)(C)C)c1nnc(C2CC(NC(=O)c3cc(-c4ccc(F)cc4)on3)C2)o1. The van der Waals surface area contributed by atoms with Gasteiger partial charge in [-0.1, -0.05) is 25.9 Å². The number of hydrogen-bond donors (Lipinski definition) is 1. The molecule has 0 unspecified atom stereocenters. The van der Waals surface area contributed by atoms with Crippen LogP contribution in [0.5, 0.6) is 0 Å². The van der Waals surface area contributed by atoms with E-state index in [1.165, 1.54) is 12.1 Å². The van der Waals surface area contributed by atoms with Crippen LogP contribution >= 0.6 is 0 Å². The van der Waals surface area contributed by atoms with Crippen molar-refractivity contribution in [1.29, 1.82) is 0 Å². The van der Waals surface area contributed by atoms with Gasteiger partial charge in [-0.2, -0.15) is 0 Å². The normalized spacial score (nSPS) is 19.5. The standard InChI is InChI=1S/C24H31FN4O4Si/c1-14(33-34(5,6)24(2,3)4)22-27-28-23(31-22)16-11-18(12-16)26-21(30)19-13-20(32-29-19)15-7-9-17(25)10-8-15/h7-10,13-14,16,18H,11-12H2,1-6H3,(H,26,30)/t14-,16?,18?/m1/s1. The molecule has 34 heavy (non-hydrogen) atoms. The van der Waals surface area contributed by atoms with Gasteiger partial charge in [-0.25, -0.2) is 4.39 Å². The average Bonchev–Trinajstić information content (AvgIpc) is 3.40. The number of aromatic nitrogens is 3. The van der Waals surface area contributed by atoms with Crippen LogP contribution in [-0.4, -0.2) is 35.6 Å².